The Morgan fingerprint density at radius 3 is 2.62 bits per heavy atom. The van der Waals surface area contributed by atoms with Crippen molar-refractivity contribution >= 4 is 11.4 Å². The number of nitriles is 1. The lowest BCUT2D eigenvalue weighted by molar-refractivity contribution is 0.628. The normalized spacial score (nSPS) is 9.50. The number of benzene rings is 2. The number of anilines is 2. The van der Waals surface area contributed by atoms with Crippen LogP contribution in [0, 0.1) is 23.2 Å². The second kappa shape index (κ2) is 4.45. The number of hydrogen-bond donors (Lipinski definition) is 1. The standard InChI is InChI=1S/C13H8FN2/c14-11-4-6-12(7-5-11)16-13-3-1-2-10(8-13)9-15/h1-2,4-8,16H. The molecule has 0 fully saturated rings. The van der Waals surface area contributed by atoms with E-state index in [9.17, 15) is 4.39 Å². The van der Waals surface area contributed by atoms with Crippen LogP contribution in [-0.4, -0.2) is 0 Å². The van der Waals surface area contributed by atoms with E-state index >= 15 is 0 Å². The first-order valence-corrected chi connectivity index (χ1v) is 4.72. The molecule has 0 saturated heterocycles. The highest BCUT2D eigenvalue weighted by Gasteiger charge is 1.97. The van der Waals surface area contributed by atoms with Crippen LogP contribution in [0.1, 0.15) is 5.56 Å². The molecule has 0 atom stereocenters. The SMILES string of the molecule is N#Cc1cc[c]c(Nc2ccc(F)cc2)c1. The van der Waals surface area contributed by atoms with E-state index in [0.717, 1.165) is 5.69 Å². The largest absolute Gasteiger partial charge is 0.355 e. The van der Waals surface area contributed by atoms with Gasteiger partial charge in [-0.1, -0.05) is 6.07 Å². The minimum Gasteiger partial charge on any atom is -0.355 e. The van der Waals surface area contributed by atoms with Gasteiger partial charge in [0.2, 0.25) is 0 Å². The molecule has 0 unspecified atom stereocenters. The molecule has 0 saturated carbocycles. The van der Waals surface area contributed by atoms with Gasteiger partial charge in [-0.3, -0.25) is 0 Å². The fourth-order valence-electron chi connectivity index (χ4n) is 1.30. The molecule has 0 spiro atoms. The van der Waals surface area contributed by atoms with Gasteiger partial charge >= 0.3 is 0 Å². The molecule has 2 nitrogen and oxygen atoms in total. The number of rotatable bonds is 2. The fourth-order valence-corrected chi connectivity index (χ4v) is 1.30. The summed E-state index contributed by atoms with van der Waals surface area (Å²) in [5, 5.41) is 11.8. The molecule has 0 heterocycles. The molecule has 0 aliphatic heterocycles. The maximum absolute atomic E-state index is 12.7. The quantitative estimate of drug-likeness (QED) is 0.827. The summed E-state index contributed by atoms with van der Waals surface area (Å²) in [6.45, 7) is 0. The van der Waals surface area contributed by atoms with Gasteiger partial charge in [0.25, 0.3) is 0 Å². The number of nitrogens with zero attached hydrogens (tertiary/aromatic N) is 1. The Balaban J connectivity index is 2.21. The lowest BCUT2D eigenvalue weighted by atomic mass is 10.2. The van der Waals surface area contributed by atoms with Crippen molar-refractivity contribution in [2.45, 2.75) is 0 Å². The van der Waals surface area contributed by atoms with Crippen LogP contribution >= 0.6 is 0 Å². The fraction of sp³-hybridized carbons (Fsp3) is 0. The smallest absolute Gasteiger partial charge is 0.123 e. The monoisotopic (exact) mass is 211 g/mol. The molecule has 1 N–H and O–H groups in total. The topological polar surface area (TPSA) is 35.8 Å². The third kappa shape index (κ3) is 2.37. The second-order valence-electron chi connectivity index (χ2n) is 3.23. The van der Waals surface area contributed by atoms with Crippen LogP contribution in [0.5, 0.6) is 0 Å². The van der Waals surface area contributed by atoms with Gasteiger partial charge < -0.3 is 5.32 Å². The van der Waals surface area contributed by atoms with Gasteiger partial charge in [0.1, 0.15) is 5.82 Å². The summed E-state index contributed by atoms with van der Waals surface area (Å²) >= 11 is 0. The van der Waals surface area contributed by atoms with E-state index in [2.05, 4.69) is 11.4 Å². The summed E-state index contributed by atoms with van der Waals surface area (Å²) in [5.41, 5.74) is 2.00. The molecule has 2 aromatic rings. The third-order valence-corrected chi connectivity index (χ3v) is 2.05. The van der Waals surface area contributed by atoms with E-state index in [1.54, 1.807) is 30.3 Å². The average molecular weight is 211 g/mol. The summed E-state index contributed by atoms with van der Waals surface area (Å²) in [4.78, 5) is 0. The van der Waals surface area contributed by atoms with Gasteiger partial charge in [-0.15, -0.1) is 0 Å². The van der Waals surface area contributed by atoms with Gasteiger partial charge in [-0.05, 0) is 36.4 Å². The molecule has 3 heteroatoms. The highest BCUT2D eigenvalue weighted by molar-refractivity contribution is 5.60. The molecule has 77 valence electrons. The molecule has 0 amide bonds. The Morgan fingerprint density at radius 1 is 1.19 bits per heavy atom. The van der Waals surface area contributed by atoms with Crippen LogP contribution in [0.3, 0.4) is 0 Å². The lowest BCUT2D eigenvalue weighted by Gasteiger charge is -2.05. The van der Waals surface area contributed by atoms with Crippen molar-refractivity contribution in [3.8, 4) is 6.07 Å². The van der Waals surface area contributed by atoms with Crippen LogP contribution < -0.4 is 5.32 Å². The number of nitrogens with one attached hydrogen (secondary N) is 1. The molecular formula is C13H8FN2. The Labute approximate surface area is 93.0 Å². The maximum atomic E-state index is 12.7. The van der Waals surface area contributed by atoms with Crippen molar-refractivity contribution in [1.82, 2.24) is 0 Å². The van der Waals surface area contributed by atoms with Crippen molar-refractivity contribution in [3.05, 3.63) is 59.9 Å². The zero-order chi connectivity index (χ0) is 11.4. The van der Waals surface area contributed by atoms with Gasteiger partial charge in [-0.2, -0.15) is 5.26 Å². The van der Waals surface area contributed by atoms with Crippen molar-refractivity contribution in [2.75, 3.05) is 5.32 Å². The highest BCUT2D eigenvalue weighted by Crippen LogP contribution is 2.17. The highest BCUT2D eigenvalue weighted by atomic mass is 19.1. The summed E-state index contributed by atoms with van der Waals surface area (Å²) < 4.78 is 12.7. The first kappa shape index (κ1) is 10.2. The molecule has 1 radical (unpaired) electrons. The Bertz CT molecular complexity index is 526. The number of hydrogen-bond acceptors (Lipinski definition) is 2. The van der Waals surface area contributed by atoms with Crippen molar-refractivity contribution < 1.29 is 4.39 Å². The third-order valence-electron chi connectivity index (χ3n) is 2.05. The Morgan fingerprint density at radius 2 is 1.94 bits per heavy atom. The van der Waals surface area contributed by atoms with E-state index in [1.807, 2.05) is 6.07 Å². The van der Waals surface area contributed by atoms with Crippen LogP contribution in [0.25, 0.3) is 0 Å². The summed E-state index contributed by atoms with van der Waals surface area (Å²) in [5.74, 6) is -0.277. The Kier molecular flexibility index (Phi) is 2.84. The predicted molar refractivity (Wildman–Crippen MR) is 59.7 cm³/mol. The summed E-state index contributed by atoms with van der Waals surface area (Å²) in [6.07, 6.45) is 0. The molecule has 0 aliphatic rings. The van der Waals surface area contributed by atoms with Crippen LogP contribution in [-0.2, 0) is 0 Å². The van der Waals surface area contributed by atoms with Crippen LogP contribution in [0.4, 0.5) is 15.8 Å². The molecule has 16 heavy (non-hydrogen) atoms. The van der Waals surface area contributed by atoms with Gasteiger partial charge in [-0.25, -0.2) is 4.39 Å². The average Bonchev–Trinajstić information content (AvgIpc) is 2.32. The maximum Gasteiger partial charge on any atom is 0.123 e. The van der Waals surface area contributed by atoms with E-state index < -0.39 is 0 Å². The molecule has 2 aromatic carbocycles. The van der Waals surface area contributed by atoms with E-state index in [4.69, 9.17) is 5.26 Å². The number of halogens is 1. The summed E-state index contributed by atoms with van der Waals surface area (Å²) in [7, 11) is 0. The van der Waals surface area contributed by atoms with Gasteiger partial charge in [0.15, 0.2) is 0 Å². The molecule has 0 aromatic heterocycles. The zero-order valence-electron chi connectivity index (χ0n) is 8.37. The van der Waals surface area contributed by atoms with Gasteiger partial charge in [0, 0.05) is 17.4 Å². The first-order chi connectivity index (χ1) is 7.78. The lowest BCUT2D eigenvalue weighted by Crippen LogP contribution is -1.90. The molecule has 2 rings (SSSR count). The molecule has 0 bridgehead atoms. The van der Waals surface area contributed by atoms with Crippen LogP contribution in [0.2, 0.25) is 0 Å². The van der Waals surface area contributed by atoms with E-state index in [0.29, 0.717) is 11.3 Å². The zero-order valence-corrected chi connectivity index (χ0v) is 8.37. The molecular weight excluding hydrogens is 203 g/mol. The van der Waals surface area contributed by atoms with Crippen molar-refractivity contribution in [3.63, 3.8) is 0 Å². The van der Waals surface area contributed by atoms with E-state index in [-0.39, 0.29) is 5.82 Å². The minimum absolute atomic E-state index is 0.277. The predicted octanol–water partition coefficient (Wildman–Crippen LogP) is 3.24. The minimum atomic E-state index is -0.277. The second-order valence-corrected chi connectivity index (χ2v) is 3.23. The van der Waals surface area contributed by atoms with Gasteiger partial charge in [0.05, 0.1) is 11.6 Å². The summed E-state index contributed by atoms with van der Waals surface area (Å²) in [6, 6.07) is 16.0. The Hall–Kier alpha value is -2.34. The van der Waals surface area contributed by atoms with Crippen molar-refractivity contribution in [1.29, 1.82) is 5.26 Å². The van der Waals surface area contributed by atoms with Crippen LogP contribution in [0.15, 0.2) is 42.5 Å². The molecule has 0 aliphatic carbocycles. The van der Waals surface area contributed by atoms with Crippen molar-refractivity contribution in [2.24, 2.45) is 0 Å². The first-order valence-electron chi connectivity index (χ1n) is 4.72. The van der Waals surface area contributed by atoms with E-state index in [1.165, 1.54) is 12.1 Å².